The summed E-state index contributed by atoms with van der Waals surface area (Å²) in [5.74, 6) is -1.52. The molecule has 2 rings (SSSR count). The van der Waals surface area contributed by atoms with Crippen molar-refractivity contribution in [3.8, 4) is 0 Å². The van der Waals surface area contributed by atoms with Crippen LogP contribution in [0.4, 0.5) is 0 Å². The molecule has 0 heterocycles. The van der Waals surface area contributed by atoms with E-state index in [2.05, 4.69) is 0 Å². The maximum Gasteiger partial charge on any atom is 0.346 e. The van der Waals surface area contributed by atoms with Gasteiger partial charge >= 0.3 is 5.97 Å². The average Bonchev–Trinajstić information content (AvgIpc) is 2.34. The van der Waals surface area contributed by atoms with Crippen LogP contribution in [0.1, 0.15) is 56.0 Å². The van der Waals surface area contributed by atoms with Crippen molar-refractivity contribution in [2.75, 3.05) is 0 Å². The fourth-order valence-corrected chi connectivity index (χ4v) is 2.54. The number of carbonyl (C=O) groups is 2. The normalized spacial score (nSPS) is 26.1. The monoisotopic (exact) mass is 276 g/mol. The van der Waals surface area contributed by atoms with Gasteiger partial charge in [-0.3, -0.25) is 4.79 Å². The van der Waals surface area contributed by atoms with Gasteiger partial charge in [0.05, 0.1) is 0 Å². The predicted octanol–water partition coefficient (Wildman–Crippen LogP) is 2.45. The molecule has 20 heavy (non-hydrogen) atoms. The first kappa shape index (κ1) is 14.7. The average molecular weight is 276 g/mol. The van der Waals surface area contributed by atoms with Crippen molar-refractivity contribution in [3.05, 3.63) is 35.4 Å². The molecule has 108 valence electrons. The molecule has 2 atom stereocenters. The van der Waals surface area contributed by atoms with Crippen LogP contribution >= 0.6 is 0 Å². The van der Waals surface area contributed by atoms with Crippen molar-refractivity contribution in [1.29, 1.82) is 0 Å². The van der Waals surface area contributed by atoms with E-state index in [1.807, 2.05) is 19.1 Å². The minimum Gasteiger partial charge on any atom is -0.457 e. The molecule has 0 fully saturated rings. The van der Waals surface area contributed by atoms with Crippen molar-refractivity contribution in [2.24, 2.45) is 0 Å². The summed E-state index contributed by atoms with van der Waals surface area (Å²) in [7, 11) is 0. The van der Waals surface area contributed by atoms with E-state index in [0.29, 0.717) is 5.56 Å². The number of benzene rings is 1. The summed E-state index contributed by atoms with van der Waals surface area (Å²) in [6.07, 6.45) is 0.0533. The van der Waals surface area contributed by atoms with Crippen LogP contribution in [0.2, 0.25) is 0 Å². The predicted molar refractivity (Wildman–Crippen MR) is 74.6 cm³/mol. The lowest BCUT2D eigenvalue weighted by Crippen LogP contribution is -2.52. The molecule has 0 aromatic heterocycles. The number of carbonyl (C=O) groups excluding carboxylic acids is 2. The lowest BCUT2D eigenvalue weighted by Gasteiger charge is -2.35. The number of ether oxygens (including phenoxy) is 1. The van der Waals surface area contributed by atoms with Crippen LogP contribution < -0.4 is 0 Å². The number of esters is 1. The van der Waals surface area contributed by atoms with Gasteiger partial charge in [-0.1, -0.05) is 31.2 Å². The Morgan fingerprint density at radius 1 is 1.35 bits per heavy atom. The zero-order valence-corrected chi connectivity index (χ0v) is 12.3. The van der Waals surface area contributed by atoms with E-state index in [9.17, 15) is 14.7 Å². The maximum absolute atomic E-state index is 12.5. The Morgan fingerprint density at radius 3 is 2.55 bits per heavy atom. The van der Waals surface area contributed by atoms with Crippen LogP contribution in [-0.2, 0) is 9.53 Å². The van der Waals surface area contributed by atoms with Gasteiger partial charge in [0, 0.05) is 12.0 Å². The second kappa shape index (κ2) is 4.70. The minimum absolute atomic E-state index is 0.0533. The third kappa shape index (κ3) is 2.48. The molecule has 0 aliphatic heterocycles. The van der Waals surface area contributed by atoms with E-state index >= 15 is 0 Å². The minimum atomic E-state index is -2.08. The van der Waals surface area contributed by atoms with E-state index in [1.54, 1.807) is 32.9 Å². The first-order chi connectivity index (χ1) is 9.15. The van der Waals surface area contributed by atoms with E-state index in [1.165, 1.54) is 0 Å². The van der Waals surface area contributed by atoms with Gasteiger partial charge in [0.25, 0.3) is 0 Å². The zero-order chi connectivity index (χ0) is 15.1. The summed E-state index contributed by atoms with van der Waals surface area (Å²) in [6.45, 7) is 7.01. The molecule has 4 heteroatoms. The Hall–Kier alpha value is -1.68. The van der Waals surface area contributed by atoms with Crippen LogP contribution in [-0.4, -0.2) is 28.1 Å². The third-order valence-electron chi connectivity index (χ3n) is 3.45. The van der Waals surface area contributed by atoms with Crippen molar-refractivity contribution in [3.63, 3.8) is 0 Å². The van der Waals surface area contributed by atoms with Gasteiger partial charge in [-0.05, 0) is 32.3 Å². The van der Waals surface area contributed by atoms with E-state index in [4.69, 9.17) is 4.74 Å². The molecule has 1 N–H and O–H groups in total. The highest BCUT2D eigenvalue weighted by atomic mass is 16.6. The first-order valence-corrected chi connectivity index (χ1v) is 6.75. The highest BCUT2D eigenvalue weighted by Crippen LogP contribution is 2.38. The summed E-state index contributed by atoms with van der Waals surface area (Å²) in [5, 5.41) is 10.6. The Balaban J connectivity index is 2.40. The summed E-state index contributed by atoms with van der Waals surface area (Å²) in [6, 6.07) is 7.07. The number of Topliss-reactive ketones (excluding diaryl/α,β-unsaturated/α-hetero) is 1. The van der Waals surface area contributed by atoms with E-state index in [0.717, 1.165) is 5.56 Å². The van der Waals surface area contributed by atoms with Gasteiger partial charge in [-0.25, -0.2) is 4.79 Å². The van der Waals surface area contributed by atoms with Gasteiger partial charge < -0.3 is 9.84 Å². The molecule has 1 aliphatic carbocycles. The number of fused-ring (bicyclic) bond motifs is 1. The second-order valence-electron chi connectivity index (χ2n) is 6.38. The molecular weight excluding hydrogens is 256 g/mol. The summed E-state index contributed by atoms with van der Waals surface area (Å²) < 4.78 is 5.20. The Kier molecular flexibility index (Phi) is 3.46. The molecule has 0 bridgehead atoms. The summed E-state index contributed by atoms with van der Waals surface area (Å²) in [4.78, 5) is 24.7. The van der Waals surface area contributed by atoms with Crippen molar-refractivity contribution in [2.45, 2.75) is 51.2 Å². The topological polar surface area (TPSA) is 63.6 Å². The van der Waals surface area contributed by atoms with E-state index < -0.39 is 23.0 Å². The molecule has 1 aliphatic rings. The summed E-state index contributed by atoms with van der Waals surface area (Å²) in [5.41, 5.74) is -1.56. The second-order valence-corrected chi connectivity index (χ2v) is 6.38. The lowest BCUT2D eigenvalue weighted by molar-refractivity contribution is -0.173. The van der Waals surface area contributed by atoms with Gasteiger partial charge in [-0.15, -0.1) is 0 Å². The van der Waals surface area contributed by atoms with Crippen LogP contribution in [0.5, 0.6) is 0 Å². The lowest BCUT2D eigenvalue weighted by atomic mass is 9.74. The Morgan fingerprint density at radius 2 is 1.95 bits per heavy atom. The van der Waals surface area contributed by atoms with Gasteiger partial charge in [0.1, 0.15) is 5.60 Å². The van der Waals surface area contributed by atoms with Crippen molar-refractivity contribution in [1.82, 2.24) is 0 Å². The highest BCUT2D eigenvalue weighted by molar-refractivity contribution is 6.17. The van der Waals surface area contributed by atoms with Crippen LogP contribution in [0.25, 0.3) is 0 Å². The number of hydrogen-bond acceptors (Lipinski definition) is 4. The Labute approximate surface area is 118 Å². The quantitative estimate of drug-likeness (QED) is 0.632. The molecule has 0 radical (unpaired) electrons. The molecule has 1 aromatic rings. The Bertz CT molecular complexity index is 556. The smallest absolute Gasteiger partial charge is 0.346 e. The fraction of sp³-hybridized carbons (Fsp3) is 0.500. The number of rotatable bonds is 1. The molecule has 4 nitrogen and oxygen atoms in total. The van der Waals surface area contributed by atoms with Crippen LogP contribution in [0.3, 0.4) is 0 Å². The first-order valence-electron chi connectivity index (χ1n) is 6.75. The SMILES string of the molecule is C[C@@H]1C[C@](O)(C(=O)OC(C)(C)C)C(=O)c2ccccc21. The molecule has 0 spiro atoms. The number of hydrogen-bond donors (Lipinski definition) is 1. The highest BCUT2D eigenvalue weighted by Gasteiger charge is 2.51. The number of ketones is 1. The van der Waals surface area contributed by atoms with Crippen LogP contribution in [0, 0.1) is 0 Å². The molecule has 0 unspecified atom stereocenters. The molecular formula is C16H20O4. The molecule has 0 saturated heterocycles. The maximum atomic E-state index is 12.5. The third-order valence-corrected chi connectivity index (χ3v) is 3.45. The van der Waals surface area contributed by atoms with Crippen molar-refractivity contribution < 1.29 is 19.4 Å². The molecule has 0 saturated carbocycles. The van der Waals surface area contributed by atoms with E-state index in [-0.39, 0.29) is 12.3 Å². The summed E-state index contributed by atoms with van der Waals surface area (Å²) >= 11 is 0. The van der Waals surface area contributed by atoms with Gasteiger partial charge in [0.2, 0.25) is 11.4 Å². The molecule has 1 aromatic carbocycles. The number of aliphatic hydroxyl groups is 1. The standard InChI is InChI=1S/C16H20O4/c1-10-9-16(19,14(18)20-15(2,3)4)13(17)12-8-6-5-7-11(10)12/h5-8,10,19H,9H2,1-4H3/t10-,16-/m1/s1. The molecule has 0 amide bonds. The fourth-order valence-electron chi connectivity index (χ4n) is 2.54. The van der Waals surface area contributed by atoms with Crippen molar-refractivity contribution >= 4 is 11.8 Å². The largest absolute Gasteiger partial charge is 0.457 e. The van der Waals surface area contributed by atoms with Gasteiger partial charge in [-0.2, -0.15) is 0 Å². The van der Waals surface area contributed by atoms with Crippen LogP contribution in [0.15, 0.2) is 24.3 Å². The van der Waals surface area contributed by atoms with Gasteiger partial charge in [0.15, 0.2) is 0 Å². The zero-order valence-electron chi connectivity index (χ0n) is 12.3.